The maximum atomic E-state index is 12.9. The van der Waals surface area contributed by atoms with Crippen LogP contribution in [0.3, 0.4) is 0 Å². The van der Waals surface area contributed by atoms with E-state index >= 15 is 0 Å². The van der Waals surface area contributed by atoms with Crippen LogP contribution in [0.4, 0.5) is 8.78 Å². The van der Waals surface area contributed by atoms with Gasteiger partial charge >= 0.3 is 0 Å². The van der Waals surface area contributed by atoms with Crippen LogP contribution >= 0.6 is 11.6 Å². The van der Waals surface area contributed by atoms with Gasteiger partial charge in [-0.15, -0.1) is 0 Å². The van der Waals surface area contributed by atoms with Crippen LogP contribution in [0, 0.1) is 0 Å². The molecule has 2 heterocycles. The number of imidazole rings is 1. The minimum Gasteiger partial charge on any atom is -0.320 e. The fourth-order valence-electron chi connectivity index (χ4n) is 2.26. The molecule has 0 amide bonds. The monoisotopic (exact) mass is 257 g/mol. The Morgan fingerprint density at radius 3 is 2.65 bits per heavy atom. The number of aromatic nitrogens is 2. The molecular formula is C11H10ClF2N3. The summed E-state index contributed by atoms with van der Waals surface area (Å²) in [5.74, 6) is -2.66. The van der Waals surface area contributed by atoms with E-state index in [0.29, 0.717) is 16.4 Å². The van der Waals surface area contributed by atoms with Crippen LogP contribution in [-0.4, -0.2) is 15.3 Å². The fraction of sp³-hybridized carbons (Fsp3) is 0.364. The largest absolute Gasteiger partial charge is 0.320 e. The average molecular weight is 258 g/mol. The standard InChI is InChI=1S/C11H10ClF2N3/c12-7-1-2-9-16-8(4-17(9)3-7)10(15)5-11(13,14)6-10/h1-4H,5-6,15H2. The van der Waals surface area contributed by atoms with Gasteiger partial charge in [0.05, 0.1) is 16.3 Å². The lowest BCUT2D eigenvalue weighted by Crippen LogP contribution is -2.55. The second-order valence-corrected chi connectivity index (χ2v) is 5.04. The molecule has 0 aromatic carbocycles. The van der Waals surface area contributed by atoms with Crippen LogP contribution in [0.15, 0.2) is 24.5 Å². The van der Waals surface area contributed by atoms with Gasteiger partial charge < -0.3 is 10.1 Å². The summed E-state index contributed by atoms with van der Waals surface area (Å²) in [6.45, 7) is 0. The normalized spacial score (nSPS) is 21.4. The van der Waals surface area contributed by atoms with Crippen molar-refractivity contribution < 1.29 is 8.78 Å². The Morgan fingerprint density at radius 1 is 1.29 bits per heavy atom. The van der Waals surface area contributed by atoms with E-state index in [4.69, 9.17) is 17.3 Å². The van der Waals surface area contributed by atoms with E-state index in [9.17, 15) is 8.78 Å². The third-order valence-corrected chi connectivity index (χ3v) is 3.30. The van der Waals surface area contributed by atoms with E-state index in [1.807, 2.05) is 0 Å². The Hall–Kier alpha value is -1.20. The molecule has 2 aromatic rings. The first-order valence-electron chi connectivity index (χ1n) is 5.20. The molecule has 2 N–H and O–H groups in total. The highest BCUT2D eigenvalue weighted by atomic mass is 35.5. The van der Waals surface area contributed by atoms with Crippen LogP contribution in [0.1, 0.15) is 18.5 Å². The zero-order chi connectivity index (χ0) is 12.3. The van der Waals surface area contributed by atoms with Crippen molar-refractivity contribution in [2.45, 2.75) is 24.3 Å². The molecule has 1 fully saturated rings. The molecule has 0 radical (unpaired) electrons. The average Bonchev–Trinajstić information content (AvgIpc) is 2.57. The van der Waals surface area contributed by atoms with Gasteiger partial charge in [-0.1, -0.05) is 11.6 Å². The van der Waals surface area contributed by atoms with Crippen molar-refractivity contribution in [2.75, 3.05) is 0 Å². The maximum absolute atomic E-state index is 12.9. The second kappa shape index (κ2) is 3.17. The SMILES string of the molecule is NC1(c2cn3cc(Cl)ccc3n2)CC(F)(F)C1. The molecule has 0 spiro atoms. The van der Waals surface area contributed by atoms with E-state index in [0.717, 1.165) is 0 Å². The third kappa shape index (κ3) is 1.70. The minimum absolute atomic E-state index is 0.350. The quantitative estimate of drug-likeness (QED) is 0.853. The Morgan fingerprint density at radius 2 is 2.00 bits per heavy atom. The van der Waals surface area contributed by atoms with Crippen LogP contribution in [0.2, 0.25) is 5.02 Å². The highest BCUT2D eigenvalue weighted by Crippen LogP contribution is 2.49. The number of nitrogens with two attached hydrogens (primary N) is 1. The second-order valence-electron chi connectivity index (χ2n) is 4.60. The lowest BCUT2D eigenvalue weighted by Gasteiger charge is -2.43. The van der Waals surface area contributed by atoms with E-state index in [1.54, 1.807) is 28.9 Å². The van der Waals surface area contributed by atoms with Crippen molar-refractivity contribution in [1.29, 1.82) is 0 Å². The Kier molecular flexibility index (Phi) is 2.04. The van der Waals surface area contributed by atoms with Gasteiger partial charge in [0.1, 0.15) is 5.65 Å². The van der Waals surface area contributed by atoms with E-state index in [-0.39, 0.29) is 12.8 Å². The van der Waals surface area contributed by atoms with Gasteiger partial charge in [-0.05, 0) is 12.1 Å². The van der Waals surface area contributed by atoms with Crippen molar-refractivity contribution in [3.63, 3.8) is 0 Å². The number of nitrogens with zero attached hydrogens (tertiary/aromatic N) is 2. The number of halogens is 3. The lowest BCUT2D eigenvalue weighted by atomic mass is 9.72. The number of alkyl halides is 2. The van der Waals surface area contributed by atoms with Crippen LogP contribution < -0.4 is 5.73 Å². The summed E-state index contributed by atoms with van der Waals surface area (Å²) in [4.78, 5) is 4.26. The topological polar surface area (TPSA) is 43.3 Å². The number of hydrogen-bond donors (Lipinski definition) is 1. The number of rotatable bonds is 1. The van der Waals surface area contributed by atoms with Crippen LogP contribution in [0.25, 0.3) is 5.65 Å². The fourth-order valence-corrected chi connectivity index (χ4v) is 2.43. The van der Waals surface area contributed by atoms with Gasteiger partial charge in [-0.2, -0.15) is 0 Å². The van der Waals surface area contributed by atoms with Crippen molar-refractivity contribution >= 4 is 17.2 Å². The summed E-state index contributed by atoms with van der Waals surface area (Å²) < 4.78 is 27.5. The first kappa shape index (κ1) is 10.9. The van der Waals surface area contributed by atoms with Crippen LogP contribution in [-0.2, 0) is 5.54 Å². The van der Waals surface area contributed by atoms with Gasteiger partial charge in [0.2, 0.25) is 0 Å². The van der Waals surface area contributed by atoms with Gasteiger partial charge in [-0.25, -0.2) is 13.8 Å². The Balaban J connectivity index is 2.02. The molecule has 3 nitrogen and oxygen atoms in total. The molecule has 90 valence electrons. The number of fused-ring (bicyclic) bond motifs is 1. The van der Waals surface area contributed by atoms with E-state index in [1.165, 1.54) is 0 Å². The van der Waals surface area contributed by atoms with Crippen molar-refractivity contribution in [3.8, 4) is 0 Å². The minimum atomic E-state index is -2.66. The molecule has 3 rings (SSSR count). The van der Waals surface area contributed by atoms with E-state index < -0.39 is 11.5 Å². The first-order chi connectivity index (χ1) is 7.88. The van der Waals surface area contributed by atoms with Gasteiger partial charge in [-0.3, -0.25) is 0 Å². The van der Waals surface area contributed by atoms with Gasteiger partial charge in [0, 0.05) is 25.2 Å². The van der Waals surface area contributed by atoms with E-state index in [2.05, 4.69) is 4.98 Å². The summed E-state index contributed by atoms with van der Waals surface area (Å²) in [5, 5.41) is 0.562. The maximum Gasteiger partial charge on any atom is 0.252 e. The molecule has 17 heavy (non-hydrogen) atoms. The lowest BCUT2D eigenvalue weighted by molar-refractivity contribution is -0.126. The van der Waals surface area contributed by atoms with Gasteiger partial charge in [0.25, 0.3) is 5.92 Å². The predicted octanol–water partition coefficient (Wildman–Crippen LogP) is 2.57. The molecule has 1 aliphatic rings. The predicted molar refractivity (Wildman–Crippen MR) is 60.2 cm³/mol. The van der Waals surface area contributed by atoms with Crippen molar-refractivity contribution in [1.82, 2.24) is 9.38 Å². The number of hydrogen-bond acceptors (Lipinski definition) is 2. The Labute approximate surface area is 101 Å². The zero-order valence-corrected chi connectivity index (χ0v) is 9.59. The summed E-state index contributed by atoms with van der Waals surface area (Å²) in [6, 6.07) is 3.43. The molecule has 6 heteroatoms. The summed E-state index contributed by atoms with van der Waals surface area (Å²) in [5.41, 5.74) is 6.05. The smallest absolute Gasteiger partial charge is 0.252 e. The highest BCUT2D eigenvalue weighted by Gasteiger charge is 2.56. The first-order valence-corrected chi connectivity index (χ1v) is 5.57. The molecule has 2 aromatic heterocycles. The molecule has 1 aliphatic carbocycles. The molecule has 0 aliphatic heterocycles. The number of pyridine rings is 1. The molecular weight excluding hydrogens is 248 g/mol. The van der Waals surface area contributed by atoms with Crippen LogP contribution in [0.5, 0.6) is 0 Å². The molecule has 0 unspecified atom stereocenters. The third-order valence-electron chi connectivity index (χ3n) is 3.07. The van der Waals surface area contributed by atoms with Crippen molar-refractivity contribution in [3.05, 3.63) is 35.2 Å². The molecule has 0 atom stereocenters. The zero-order valence-electron chi connectivity index (χ0n) is 8.83. The molecule has 0 saturated heterocycles. The van der Waals surface area contributed by atoms with Crippen molar-refractivity contribution in [2.24, 2.45) is 5.73 Å². The van der Waals surface area contributed by atoms with Gasteiger partial charge in [0.15, 0.2) is 0 Å². The molecule has 0 bridgehead atoms. The Bertz CT molecular complexity index is 585. The summed E-state index contributed by atoms with van der Waals surface area (Å²) >= 11 is 5.84. The molecule has 1 saturated carbocycles. The highest BCUT2D eigenvalue weighted by molar-refractivity contribution is 6.30. The summed E-state index contributed by atoms with van der Waals surface area (Å²) in [6.07, 6.45) is 2.64. The summed E-state index contributed by atoms with van der Waals surface area (Å²) in [7, 11) is 0.